The maximum atomic E-state index is 11.9. The molecule has 4 unspecified atom stereocenters. The number of halogens is 1. The second-order valence-electron chi connectivity index (χ2n) is 4.28. The summed E-state index contributed by atoms with van der Waals surface area (Å²) in [6, 6.07) is -0.0245. The SMILES string of the molecule is O=C(O)C1CNC2C(Cl)CCCC2C1=O. The molecule has 1 aliphatic heterocycles. The number of carbonyl (C=O) groups excluding carboxylic acids is 1. The molecule has 15 heavy (non-hydrogen) atoms. The van der Waals surface area contributed by atoms with Gasteiger partial charge >= 0.3 is 5.97 Å². The van der Waals surface area contributed by atoms with Gasteiger partial charge in [-0.25, -0.2) is 0 Å². The highest BCUT2D eigenvalue weighted by Crippen LogP contribution is 2.33. The van der Waals surface area contributed by atoms with Gasteiger partial charge in [0.25, 0.3) is 0 Å². The van der Waals surface area contributed by atoms with Crippen molar-refractivity contribution in [1.29, 1.82) is 0 Å². The van der Waals surface area contributed by atoms with Gasteiger partial charge in [-0.05, 0) is 12.8 Å². The lowest BCUT2D eigenvalue weighted by Gasteiger charge is -2.40. The van der Waals surface area contributed by atoms with Crippen LogP contribution in [0.25, 0.3) is 0 Å². The van der Waals surface area contributed by atoms with Crippen LogP contribution in [0.1, 0.15) is 19.3 Å². The summed E-state index contributed by atoms with van der Waals surface area (Å²) >= 11 is 6.12. The van der Waals surface area contributed by atoms with Gasteiger partial charge in [-0.1, -0.05) is 6.42 Å². The Morgan fingerprint density at radius 1 is 1.47 bits per heavy atom. The molecule has 4 atom stereocenters. The number of carbonyl (C=O) groups is 2. The van der Waals surface area contributed by atoms with Gasteiger partial charge in [0.1, 0.15) is 5.92 Å². The molecule has 0 radical (unpaired) electrons. The van der Waals surface area contributed by atoms with Crippen molar-refractivity contribution in [2.45, 2.75) is 30.7 Å². The van der Waals surface area contributed by atoms with E-state index in [2.05, 4.69) is 5.32 Å². The van der Waals surface area contributed by atoms with Crippen LogP contribution in [0.3, 0.4) is 0 Å². The van der Waals surface area contributed by atoms with Gasteiger partial charge in [0, 0.05) is 23.9 Å². The molecule has 2 N–H and O–H groups in total. The van der Waals surface area contributed by atoms with Crippen LogP contribution in [0.15, 0.2) is 0 Å². The van der Waals surface area contributed by atoms with E-state index < -0.39 is 11.9 Å². The normalized spacial score (nSPS) is 41.0. The number of Topliss-reactive ketones (excluding diaryl/α,β-unsaturated/α-hetero) is 1. The lowest BCUT2D eigenvalue weighted by molar-refractivity contribution is -0.149. The van der Waals surface area contributed by atoms with E-state index in [0.717, 1.165) is 19.3 Å². The smallest absolute Gasteiger partial charge is 0.315 e. The first kappa shape index (κ1) is 10.9. The molecule has 1 saturated carbocycles. The third-order valence-corrected chi connectivity index (χ3v) is 3.87. The maximum Gasteiger partial charge on any atom is 0.315 e. The molecule has 0 amide bonds. The van der Waals surface area contributed by atoms with Crippen LogP contribution >= 0.6 is 11.6 Å². The quantitative estimate of drug-likeness (QED) is 0.513. The Morgan fingerprint density at radius 2 is 2.20 bits per heavy atom. The summed E-state index contributed by atoms with van der Waals surface area (Å²) in [6.45, 7) is 0.221. The summed E-state index contributed by atoms with van der Waals surface area (Å²) in [5.41, 5.74) is 0. The number of alkyl halides is 1. The fourth-order valence-corrected chi connectivity index (χ4v) is 2.97. The summed E-state index contributed by atoms with van der Waals surface area (Å²) in [6.07, 6.45) is 2.58. The van der Waals surface area contributed by atoms with Crippen molar-refractivity contribution in [2.24, 2.45) is 11.8 Å². The zero-order valence-electron chi connectivity index (χ0n) is 8.28. The largest absolute Gasteiger partial charge is 0.481 e. The Kier molecular flexibility index (Phi) is 2.98. The lowest BCUT2D eigenvalue weighted by Crippen LogP contribution is -2.58. The lowest BCUT2D eigenvalue weighted by atomic mass is 9.75. The summed E-state index contributed by atoms with van der Waals surface area (Å²) < 4.78 is 0. The van der Waals surface area contributed by atoms with Crippen molar-refractivity contribution < 1.29 is 14.7 Å². The molecule has 0 aromatic carbocycles. The predicted molar refractivity (Wildman–Crippen MR) is 54.9 cm³/mol. The Morgan fingerprint density at radius 3 is 2.87 bits per heavy atom. The minimum absolute atomic E-state index is 0.0245. The molecule has 84 valence electrons. The van der Waals surface area contributed by atoms with Crippen LogP contribution < -0.4 is 5.32 Å². The van der Waals surface area contributed by atoms with Crippen molar-refractivity contribution >= 4 is 23.4 Å². The van der Waals surface area contributed by atoms with Gasteiger partial charge in [-0.3, -0.25) is 9.59 Å². The molecular weight excluding hydrogens is 218 g/mol. The first-order chi connectivity index (χ1) is 7.11. The topological polar surface area (TPSA) is 66.4 Å². The van der Waals surface area contributed by atoms with Crippen LogP contribution in [0.5, 0.6) is 0 Å². The summed E-state index contributed by atoms with van der Waals surface area (Å²) in [5.74, 6) is -2.25. The average molecular weight is 232 g/mol. The van der Waals surface area contributed by atoms with Crippen molar-refractivity contribution in [3.63, 3.8) is 0 Å². The third kappa shape index (κ3) is 1.88. The molecule has 1 saturated heterocycles. The molecule has 1 aliphatic carbocycles. The van der Waals surface area contributed by atoms with Crippen molar-refractivity contribution in [2.75, 3.05) is 6.54 Å². The fourth-order valence-electron chi connectivity index (χ4n) is 2.56. The molecule has 0 aromatic rings. The second-order valence-corrected chi connectivity index (χ2v) is 4.84. The second kappa shape index (κ2) is 4.10. The van der Waals surface area contributed by atoms with Crippen LogP contribution in [-0.4, -0.2) is 34.8 Å². The van der Waals surface area contributed by atoms with E-state index in [1.807, 2.05) is 0 Å². The maximum absolute atomic E-state index is 11.9. The monoisotopic (exact) mass is 231 g/mol. The Labute approximate surface area is 93.0 Å². The molecule has 2 rings (SSSR count). The number of aliphatic carboxylic acids is 1. The first-order valence-corrected chi connectivity index (χ1v) is 5.69. The van der Waals surface area contributed by atoms with Crippen molar-refractivity contribution in [1.82, 2.24) is 5.32 Å². The highest BCUT2D eigenvalue weighted by Gasteiger charge is 2.45. The molecule has 4 nitrogen and oxygen atoms in total. The number of carboxylic acids is 1. The zero-order valence-corrected chi connectivity index (χ0v) is 9.04. The minimum Gasteiger partial charge on any atom is -0.481 e. The van der Waals surface area contributed by atoms with Gasteiger partial charge in [0.15, 0.2) is 5.78 Å². The summed E-state index contributed by atoms with van der Waals surface area (Å²) in [4.78, 5) is 22.7. The molecule has 0 spiro atoms. The zero-order chi connectivity index (χ0) is 11.0. The van der Waals surface area contributed by atoms with E-state index in [9.17, 15) is 9.59 Å². The van der Waals surface area contributed by atoms with E-state index in [0.29, 0.717) is 0 Å². The molecule has 0 aromatic heterocycles. The Hall–Kier alpha value is -0.610. The molecular formula is C10H14ClNO3. The molecule has 5 heteroatoms. The number of piperidine rings is 1. The van der Waals surface area contributed by atoms with Crippen molar-refractivity contribution in [3.05, 3.63) is 0 Å². The Balaban J connectivity index is 2.14. The van der Waals surface area contributed by atoms with Gasteiger partial charge < -0.3 is 10.4 Å². The highest BCUT2D eigenvalue weighted by molar-refractivity contribution is 6.21. The first-order valence-electron chi connectivity index (χ1n) is 5.25. The highest BCUT2D eigenvalue weighted by atomic mass is 35.5. The van der Waals surface area contributed by atoms with E-state index in [4.69, 9.17) is 16.7 Å². The number of rotatable bonds is 1. The predicted octanol–water partition coefficient (Wildman–Crippen LogP) is 0.636. The fraction of sp³-hybridized carbons (Fsp3) is 0.800. The van der Waals surface area contributed by atoms with E-state index in [1.165, 1.54) is 0 Å². The average Bonchev–Trinajstić information content (AvgIpc) is 2.19. The van der Waals surface area contributed by atoms with Gasteiger partial charge in [-0.15, -0.1) is 11.6 Å². The third-order valence-electron chi connectivity index (χ3n) is 3.38. The van der Waals surface area contributed by atoms with E-state index in [1.54, 1.807) is 0 Å². The summed E-state index contributed by atoms with van der Waals surface area (Å²) in [5, 5.41) is 11.9. The number of hydrogen-bond acceptors (Lipinski definition) is 3. The number of nitrogens with one attached hydrogen (secondary N) is 1. The van der Waals surface area contributed by atoms with Crippen LogP contribution in [0, 0.1) is 11.8 Å². The molecule has 1 heterocycles. The van der Waals surface area contributed by atoms with Crippen LogP contribution in [0.4, 0.5) is 0 Å². The summed E-state index contributed by atoms with van der Waals surface area (Å²) in [7, 11) is 0. The minimum atomic E-state index is -1.03. The number of ketones is 1. The van der Waals surface area contributed by atoms with Gasteiger partial charge in [0.05, 0.1) is 0 Å². The van der Waals surface area contributed by atoms with Crippen LogP contribution in [0.2, 0.25) is 0 Å². The van der Waals surface area contributed by atoms with Crippen molar-refractivity contribution in [3.8, 4) is 0 Å². The van der Waals surface area contributed by atoms with Crippen LogP contribution in [-0.2, 0) is 9.59 Å². The van der Waals surface area contributed by atoms with E-state index >= 15 is 0 Å². The molecule has 2 aliphatic rings. The number of carboxylic acid groups (broad SMARTS) is 1. The number of fused-ring (bicyclic) bond motifs is 1. The number of hydrogen-bond donors (Lipinski definition) is 2. The van der Waals surface area contributed by atoms with E-state index in [-0.39, 0.29) is 29.7 Å². The molecule has 0 bridgehead atoms. The molecule has 2 fully saturated rings. The standard InChI is InChI=1S/C10H14ClNO3/c11-7-3-1-2-5-8(7)12-4-6(9(5)13)10(14)15/h5-8,12H,1-4H2,(H,14,15). The Bertz CT molecular complexity index is 294. The van der Waals surface area contributed by atoms with Gasteiger partial charge in [0.2, 0.25) is 0 Å². The van der Waals surface area contributed by atoms with Gasteiger partial charge in [-0.2, -0.15) is 0 Å².